The number of hydrogen-bond donors (Lipinski definition) is 1. The molecule has 0 aliphatic carbocycles. The van der Waals surface area contributed by atoms with Crippen LogP contribution in [0.4, 0.5) is 9.80 Å². The fourth-order valence-electron chi connectivity index (χ4n) is 1.70. The molecule has 1 amide bonds. The van der Waals surface area contributed by atoms with E-state index in [9.17, 15) is 31.7 Å². The third-order valence-electron chi connectivity index (χ3n) is 2.56. The number of nitrogens with zero attached hydrogens (tertiary/aromatic N) is 2. The highest BCUT2D eigenvalue weighted by Gasteiger charge is 2.35. The summed E-state index contributed by atoms with van der Waals surface area (Å²) in [6.45, 7) is 3.76. The smallest absolute Gasteiger partial charge is 0.424 e. The van der Waals surface area contributed by atoms with Crippen molar-refractivity contribution in [3.05, 3.63) is 21.1 Å². The zero-order valence-corrected chi connectivity index (χ0v) is 16.2. The molecule has 1 aromatic rings. The SMILES string of the molecule is CC(C)(C)OC(=O)N(Cc1csc([N+](=O)[O-])c1S(N)(=O)=O)S(C)(=O)=O. The van der Waals surface area contributed by atoms with Crippen LogP contribution in [-0.4, -0.2) is 44.0 Å². The molecular weight excluding hydrogens is 398 g/mol. The molecule has 11 nitrogen and oxygen atoms in total. The molecule has 0 radical (unpaired) electrons. The van der Waals surface area contributed by atoms with Crippen molar-refractivity contribution in [1.29, 1.82) is 0 Å². The van der Waals surface area contributed by atoms with E-state index in [1.165, 1.54) is 20.8 Å². The van der Waals surface area contributed by atoms with Gasteiger partial charge in [-0.25, -0.2) is 31.1 Å². The molecule has 0 unspecified atom stereocenters. The van der Waals surface area contributed by atoms with E-state index in [1.807, 2.05) is 0 Å². The quantitative estimate of drug-likeness (QED) is 0.549. The van der Waals surface area contributed by atoms with Gasteiger partial charge < -0.3 is 4.74 Å². The largest absolute Gasteiger partial charge is 0.443 e. The lowest BCUT2D eigenvalue weighted by Crippen LogP contribution is -2.40. The van der Waals surface area contributed by atoms with Crippen molar-refractivity contribution in [3.63, 3.8) is 0 Å². The van der Waals surface area contributed by atoms with Crippen LogP contribution >= 0.6 is 11.3 Å². The first-order valence-electron chi connectivity index (χ1n) is 6.52. The first kappa shape index (κ1) is 21.3. The molecule has 2 N–H and O–H groups in total. The van der Waals surface area contributed by atoms with Crippen LogP contribution in [0.1, 0.15) is 26.3 Å². The van der Waals surface area contributed by atoms with Gasteiger partial charge >= 0.3 is 11.1 Å². The fraction of sp³-hybridized carbons (Fsp3) is 0.545. The lowest BCUT2D eigenvalue weighted by atomic mass is 10.2. The van der Waals surface area contributed by atoms with Crippen LogP contribution in [0.3, 0.4) is 0 Å². The molecule has 0 aliphatic heterocycles. The Labute approximate surface area is 148 Å². The van der Waals surface area contributed by atoms with Gasteiger partial charge in [0.15, 0.2) is 4.90 Å². The average molecular weight is 415 g/mol. The number of ether oxygens (including phenoxy) is 1. The summed E-state index contributed by atoms with van der Waals surface area (Å²) in [6.07, 6.45) is -0.530. The van der Waals surface area contributed by atoms with Gasteiger partial charge in [0, 0.05) is 10.9 Å². The van der Waals surface area contributed by atoms with Crippen LogP contribution in [0.5, 0.6) is 0 Å². The van der Waals surface area contributed by atoms with E-state index in [2.05, 4.69) is 0 Å². The van der Waals surface area contributed by atoms with E-state index < -0.39 is 53.1 Å². The number of nitrogens with two attached hydrogens (primary N) is 1. The molecule has 25 heavy (non-hydrogen) atoms. The van der Waals surface area contributed by atoms with Crippen molar-refractivity contribution < 1.29 is 31.3 Å². The molecule has 14 heteroatoms. The highest BCUT2D eigenvalue weighted by molar-refractivity contribution is 7.89. The predicted octanol–water partition coefficient (Wildman–Crippen LogP) is 1.00. The molecule has 1 aromatic heterocycles. The number of primary sulfonamides is 1. The molecule has 0 fully saturated rings. The number of nitro groups is 1. The Morgan fingerprint density at radius 2 is 1.88 bits per heavy atom. The Balaban J connectivity index is 3.41. The van der Waals surface area contributed by atoms with Crippen molar-refractivity contribution >= 4 is 42.5 Å². The molecule has 0 aromatic carbocycles. The number of carbonyl (C=O) groups is 1. The van der Waals surface area contributed by atoms with Crippen LogP contribution in [0.2, 0.25) is 0 Å². The van der Waals surface area contributed by atoms with Gasteiger partial charge in [-0.05, 0) is 20.8 Å². The minimum Gasteiger partial charge on any atom is -0.443 e. The molecular formula is C11H17N3O8S3. The van der Waals surface area contributed by atoms with Crippen LogP contribution < -0.4 is 5.14 Å². The number of carbonyl (C=O) groups excluding carboxylic acids is 1. The van der Waals surface area contributed by atoms with Crippen LogP contribution in [-0.2, 0) is 31.3 Å². The highest BCUT2D eigenvalue weighted by atomic mass is 32.2. The Hall–Kier alpha value is -1.77. The van der Waals surface area contributed by atoms with E-state index in [0.29, 0.717) is 17.6 Å². The third kappa shape index (κ3) is 5.62. The summed E-state index contributed by atoms with van der Waals surface area (Å²) in [5, 5.41) is 16.2. The second-order valence-corrected chi connectivity index (χ2v) is 10.2. The second-order valence-electron chi connectivity index (χ2n) is 5.95. The minimum atomic E-state index is -4.52. The standard InChI is InChI=1S/C11H17N3O8S3/c1-11(2,3)22-10(15)13(24(4,18)19)5-7-6-23-9(14(16)17)8(7)25(12,20)21/h6H,5H2,1-4H3,(H2,12,20,21). The van der Waals surface area contributed by atoms with Crippen LogP contribution in [0.25, 0.3) is 0 Å². The van der Waals surface area contributed by atoms with E-state index >= 15 is 0 Å². The normalized spacial score (nSPS) is 12.7. The van der Waals surface area contributed by atoms with Gasteiger partial charge in [-0.1, -0.05) is 11.3 Å². The summed E-state index contributed by atoms with van der Waals surface area (Å²) in [4.78, 5) is 21.3. The predicted molar refractivity (Wildman–Crippen MR) is 89.0 cm³/mol. The molecule has 0 spiro atoms. The second kappa shape index (κ2) is 6.86. The Morgan fingerprint density at radius 1 is 1.36 bits per heavy atom. The summed E-state index contributed by atoms with van der Waals surface area (Å²) in [7, 11) is -8.67. The average Bonchev–Trinajstić information content (AvgIpc) is 2.75. The van der Waals surface area contributed by atoms with Crippen molar-refractivity contribution in [2.75, 3.05) is 6.26 Å². The lowest BCUT2D eigenvalue weighted by Gasteiger charge is -2.25. The molecule has 0 atom stereocenters. The topological polar surface area (TPSA) is 167 Å². The first-order chi connectivity index (χ1) is 11.0. The van der Waals surface area contributed by atoms with Crippen molar-refractivity contribution in [2.24, 2.45) is 5.14 Å². The van der Waals surface area contributed by atoms with Gasteiger partial charge in [0.05, 0.1) is 17.7 Å². The van der Waals surface area contributed by atoms with E-state index in [1.54, 1.807) is 0 Å². The van der Waals surface area contributed by atoms with Crippen molar-refractivity contribution in [2.45, 2.75) is 37.8 Å². The zero-order valence-electron chi connectivity index (χ0n) is 13.7. The minimum absolute atomic E-state index is 0.276. The van der Waals surface area contributed by atoms with E-state index in [4.69, 9.17) is 9.88 Å². The number of hydrogen-bond acceptors (Lipinski definition) is 9. The monoisotopic (exact) mass is 415 g/mol. The third-order valence-corrected chi connectivity index (χ3v) is 5.77. The molecule has 0 bridgehead atoms. The van der Waals surface area contributed by atoms with Gasteiger partial charge in [-0.2, -0.15) is 0 Å². The molecule has 0 saturated carbocycles. The maximum atomic E-state index is 12.1. The summed E-state index contributed by atoms with van der Waals surface area (Å²) >= 11 is 0.457. The first-order valence-corrected chi connectivity index (χ1v) is 10.8. The van der Waals surface area contributed by atoms with Gasteiger partial charge in [0.2, 0.25) is 20.0 Å². The number of sulfonamides is 2. The van der Waals surface area contributed by atoms with Crippen molar-refractivity contribution in [3.8, 4) is 0 Å². The number of amides is 1. The van der Waals surface area contributed by atoms with Gasteiger partial charge in [-0.3, -0.25) is 10.1 Å². The zero-order chi connectivity index (χ0) is 19.8. The van der Waals surface area contributed by atoms with Crippen LogP contribution in [0.15, 0.2) is 10.3 Å². The molecule has 142 valence electrons. The Kier molecular flexibility index (Phi) is 5.83. The van der Waals surface area contributed by atoms with Gasteiger partial charge in [0.25, 0.3) is 0 Å². The Bertz CT molecular complexity index is 895. The summed E-state index contributed by atoms with van der Waals surface area (Å²) in [6, 6.07) is 0. The molecule has 1 heterocycles. The van der Waals surface area contributed by atoms with Crippen LogP contribution in [0, 0.1) is 10.1 Å². The van der Waals surface area contributed by atoms with Gasteiger partial charge in [-0.15, -0.1) is 0 Å². The lowest BCUT2D eigenvalue weighted by molar-refractivity contribution is -0.383. The maximum absolute atomic E-state index is 12.1. The highest BCUT2D eigenvalue weighted by Crippen LogP contribution is 2.34. The van der Waals surface area contributed by atoms with Crippen molar-refractivity contribution in [1.82, 2.24) is 4.31 Å². The summed E-state index contributed by atoms with van der Waals surface area (Å²) in [5.74, 6) is 0. The molecule has 0 aliphatic rings. The number of rotatable bonds is 5. The maximum Gasteiger partial charge on any atom is 0.424 e. The molecule has 0 saturated heterocycles. The number of thiophene rings is 1. The van der Waals surface area contributed by atoms with E-state index in [0.717, 1.165) is 5.38 Å². The van der Waals surface area contributed by atoms with Gasteiger partial charge in [0.1, 0.15) is 5.60 Å². The molecule has 1 rings (SSSR count). The summed E-state index contributed by atoms with van der Waals surface area (Å²) < 4.78 is 52.3. The Morgan fingerprint density at radius 3 is 2.24 bits per heavy atom. The summed E-state index contributed by atoms with van der Waals surface area (Å²) in [5.41, 5.74) is -1.31. The van der Waals surface area contributed by atoms with E-state index in [-0.39, 0.29) is 9.87 Å². The fourth-order valence-corrected chi connectivity index (χ4v) is 4.52.